The summed E-state index contributed by atoms with van der Waals surface area (Å²) in [5.41, 5.74) is 18.8. The van der Waals surface area contributed by atoms with E-state index < -0.39 is 0 Å². The molecule has 0 atom stereocenters. The third-order valence-electron chi connectivity index (χ3n) is 5.98. The molecular weight excluding hydrogens is 450 g/mol. The van der Waals surface area contributed by atoms with Crippen molar-refractivity contribution >= 4 is 38.6 Å². The van der Waals surface area contributed by atoms with E-state index in [4.69, 9.17) is 20.9 Å². The number of benzene rings is 1. The summed E-state index contributed by atoms with van der Waals surface area (Å²) in [6, 6.07) is 6.32. The van der Waals surface area contributed by atoms with Gasteiger partial charge >= 0.3 is 0 Å². The van der Waals surface area contributed by atoms with Crippen LogP contribution in [0.1, 0.15) is 22.4 Å². The fourth-order valence-electron chi connectivity index (χ4n) is 4.42. The highest BCUT2D eigenvalue weighted by atomic mass is 32.1. The maximum Gasteiger partial charge on any atom is 0.222 e. The van der Waals surface area contributed by atoms with E-state index in [-0.39, 0.29) is 5.95 Å². The molecule has 0 radical (unpaired) electrons. The van der Waals surface area contributed by atoms with Crippen LogP contribution in [0.2, 0.25) is 0 Å². The number of hydrogen-bond donors (Lipinski definition) is 2. The van der Waals surface area contributed by atoms with Crippen LogP contribution in [0.3, 0.4) is 0 Å². The van der Waals surface area contributed by atoms with Gasteiger partial charge in [-0.2, -0.15) is 4.98 Å². The van der Waals surface area contributed by atoms with Gasteiger partial charge in [-0.1, -0.05) is 11.3 Å². The molecule has 0 spiro atoms. The molecule has 10 heteroatoms. The lowest BCUT2D eigenvalue weighted by Crippen LogP contribution is -2.28. The summed E-state index contributed by atoms with van der Waals surface area (Å²) in [5, 5.41) is 0.519. The third kappa shape index (κ3) is 4.22. The Bertz CT molecular complexity index is 1370. The highest BCUT2D eigenvalue weighted by Gasteiger charge is 2.23. The van der Waals surface area contributed by atoms with E-state index in [1.165, 1.54) is 11.3 Å². The molecule has 3 aromatic heterocycles. The number of anilines is 3. The minimum absolute atomic E-state index is 0.269. The van der Waals surface area contributed by atoms with Crippen LogP contribution in [0.5, 0.6) is 5.75 Å². The van der Waals surface area contributed by atoms with Gasteiger partial charge < -0.3 is 25.8 Å². The number of nitrogens with zero attached hydrogens (tertiary/aromatic N) is 5. The van der Waals surface area contributed by atoms with Crippen LogP contribution in [0, 0.1) is 13.8 Å². The number of aryl methyl sites for hydroxylation is 2. The Hall–Kier alpha value is -3.50. The van der Waals surface area contributed by atoms with Gasteiger partial charge in [-0.15, -0.1) is 0 Å². The van der Waals surface area contributed by atoms with Gasteiger partial charge in [0, 0.05) is 48.7 Å². The fourth-order valence-corrected chi connectivity index (χ4v) is 5.08. The van der Waals surface area contributed by atoms with Crippen molar-refractivity contribution in [1.82, 2.24) is 19.9 Å². The molecule has 0 fully saturated rings. The molecule has 0 saturated carbocycles. The largest absolute Gasteiger partial charge is 0.491 e. The van der Waals surface area contributed by atoms with Crippen LogP contribution in [-0.4, -0.2) is 46.8 Å². The van der Waals surface area contributed by atoms with Gasteiger partial charge in [-0.25, -0.2) is 15.0 Å². The molecule has 34 heavy (non-hydrogen) atoms. The van der Waals surface area contributed by atoms with Crippen molar-refractivity contribution in [3.8, 4) is 16.9 Å². The molecule has 0 aliphatic carbocycles. The van der Waals surface area contributed by atoms with Gasteiger partial charge in [0.1, 0.15) is 28.5 Å². The maximum atomic E-state index is 6.19. The number of ether oxygens (including phenoxy) is 2. The standard InChI is InChI=1S/C24H27N7O2S/c1-13-8-15(16-10-19-22(27-11-16)34-24(26)29-19)9-17-12-31(5-7-33-20(13)17)21-18(4-6-32-3)14(2)28-23(25)30-21/h8-11H,4-7,12H2,1-3H3,(H2,26,29)(H2,25,28,30). The highest BCUT2D eigenvalue weighted by Crippen LogP contribution is 2.36. The second-order valence-electron chi connectivity index (χ2n) is 8.36. The Balaban J connectivity index is 1.55. The van der Waals surface area contributed by atoms with Crippen molar-refractivity contribution in [2.75, 3.05) is 43.2 Å². The van der Waals surface area contributed by atoms with E-state index in [2.05, 4.69) is 43.9 Å². The van der Waals surface area contributed by atoms with Gasteiger partial charge in [-0.05, 0) is 43.2 Å². The quantitative estimate of drug-likeness (QED) is 0.444. The van der Waals surface area contributed by atoms with E-state index in [9.17, 15) is 0 Å². The summed E-state index contributed by atoms with van der Waals surface area (Å²) in [7, 11) is 1.69. The predicted molar refractivity (Wildman–Crippen MR) is 135 cm³/mol. The summed E-state index contributed by atoms with van der Waals surface area (Å²) in [6.45, 7) is 6.49. The molecular formula is C24H27N7O2S. The number of fused-ring (bicyclic) bond motifs is 2. The lowest BCUT2D eigenvalue weighted by Gasteiger charge is -2.25. The van der Waals surface area contributed by atoms with E-state index in [1.807, 2.05) is 19.2 Å². The molecule has 0 amide bonds. The van der Waals surface area contributed by atoms with Crippen LogP contribution in [0.15, 0.2) is 24.4 Å². The van der Waals surface area contributed by atoms with Gasteiger partial charge in [0.15, 0.2) is 5.13 Å². The lowest BCUT2D eigenvalue weighted by molar-refractivity contribution is 0.202. The smallest absolute Gasteiger partial charge is 0.222 e. The van der Waals surface area contributed by atoms with Crippen molar-refractivity contribution in [2.45, 2.75) is 26.8 Å². The van der Waals surface area contributed by atoms with Crippen molar-refractivity contribution in [1.29, 1.82) is 0 Å². The van der Waals surface area contributed by atoms with Crippen LogP contribution >= 0.6 is 11.3 Å². The minimum Gasteiger partial charge on any atom is -0.491 e. The second kappa shape index (κ2) is 9.03. The van der Waals surface area contributed by atoms with E-state index in [1.54, 1.807) is 7.11 Å². The molecule has 5 rings (SSSR count). The van der Waals surface area contributed by atoms with Crippen LogP contribution < -0.4 is 21.1 Å². The summed E-state index contributed by atoms with van der Waals surface area (Å²) in [5.74, 6) is 2.02. The Kier molecular flexibility index (Phi) is 5.93. The van der Waals surface area contributed by atoms with E-state index >= 15 is 0 Å². The first-order valence-corrected chi connectivity index (χ1v) is 11.9. The Morgan fingerprint density at radius 1 is 1.12 bits per heavy atom. The molecule has 0 unspecified atom stereocenters. The number of hydrogen-bond acceptors (Lipinski definition) is 10. The predicted octanol–water partition coefficient (Wildman–Crippen LogP) is 3.52. The minimum atomic E-state index is 0.269. The van der Waals surface area contributed by atoms with Crippen molar-refractivity contribution in [3.05, 3.63) is 46.8 Å². The van der Waals surface area contributed by atoms with E-state index in [0.717, 1.165) is 55.4 Å². The third-order valence-corrected chi connectivity index (χ3v) is 6.79. The zero-order valence-electron chi connectivity index (χ0n) is 19.5. The van der Waals surface area contributed by atoms with Gasteiger partial charge in [0.25, 0.3) is 0 Å². The number of aromatic nitrogens is 4. The number of pyridine rings is 1. The lowest BCUT2D eigenvalue weighted by atomic mass is 9.99. The highest BCUT2D eigenvalue weighted by molar-refractivity contribution is 7.21. The first kappa shape index (κ1) is 22.3. The normalized spacial score (nSPS) is 13.6. The van der Waals surface area contributed by atoms with Gasteiger partial charge in [0.2, 0.25) is 5.95 Å². The molecule has 4 aromatic rings. The number of nitrogen functional groups attached to an aromatic ring is 2. The van der Waals surface area contributed by atoms with Gasteiger partial charge in [0.05, 0.1) is 13.2 Å². The molecule has 0 saturated heterocycles. The van der Waals surface area contributed by atoms with Crippen molar-refractivity contribution < 1.29 is 9.47 Å². The molecule has 1 aromatic carbocycles. The monoisotopic (exact) mass is 477 g/mol. The molecule has 9 nitrogen and oxygen atoms in total. The first-order valence-electron chi connectivity index (χ1n) is 11.1. The van der Waals surface area contributed by atoms with Crippen LogP contribution in [-0.2, 0) is 17.7 Å². The number of nitrogens with two attached hydrogens (primary N) is 2. The topological polar surface area (TPSA) is 125 Å². The molecule has 1 aliphatic rings. The van der Waals surface area contributed by atoms with Crippen molar-refractivity contribution in [2.24, 2.45) is 0 Å². The number of methoxy groups -OCH3 is 1. The molecule has 0 bridgehead atoms. The SMILES string of the molecule is COCCc1c(C)nc(N)nc1N1CCOc2c(C)cc(-c3cnc4sc(N)nc4c3)cc2C1. The summed E-state index contributed by atoms with van der Waals surface area (Å²) in [4.78, 5) is 21.0. The molecule has 4 heterocycles. The van der Waals surface area contributed by atoms with Gasteiger partial charge in [-0.3, -0.25) is 0 Å². The molecule has 176 valence electrons. The second-order valence-corrected chi connectivity index (χ2v) is 9.37. The zero-order chi connectivity index (χ0) is 23.8. The average molecular weight is 478 g/mol. The summed E-state index contributed by atoms with van der Waals surface area (Å²) >= 11 is 1.39. The molecule has 1 aliphatic heterocycles. The Labute approximate surface area is 201 Å². The average Bonchev–Trinajstić information content (AvgIpc) is 3.03. The summed E-state index contributed by atoms with van der Waals surface area (Å²) < 4.78 is 11.5. The first-order chi connectivity index (χ1) is 16.4. The Morgan fingerprint density at radius 3 is 2.79 bits per heavy atom. The van der Waals surface area contributed by atoms with Crippen LogP contribution in [0.25, 0.3) is 21.5 Å². The van der Waals surface area contributed by atoms with Crippen molar-refractivity contribution in [3.63, 3.8) is 0 Å². The molecule has 4 N–H and O–H groups in total. The Morgan fingerprint density at radius 2 is 1.97 bits per heavy atom. The zero-order valence-corrected chi connectivity index (χ0v) is 20.3. The van der Waals surface area contributed by atoms with Crippen LogP contribution in [0.4, 0.5) is 16.9 Å². The maximum absolute atomic E-state index is 6.19. The number of rotatable bonds is 5. The van der Waals surface area contributed by atoms with E-state index in [0.29, 0.717) is 37.9 Å². The fraction of sp³-hybridized carbons (Fsp3) is 0.333. The number of thiazole rings is 1. The summed E-state index contributed by atoms with van der Waals surface area (Å²) in [6.07, 6.45) is 2.58.